The quantitative estimate of drug-likeness (QED) is 0.472. The van der Waals surface area contributed by atoms with Gasteiger partial charge in [0.15, 0.2) is 0 Å². The zero-order chi connectivity index (χ0) is 16.3. The largest absolute Gasteiger partial charge is 0.478 e. The van der Waals surface area contributed by atoms with Gasteiger partial charge in [0.2, 0.25) is 17.8 Å². The lowest BCUT2D eigenvalue weighted by Crippen LogP contribution is -2.63. The molecule has 1 aliphatic rings. The summed E-state index contributed by atoms with van der Waals surface area (Å²) in [6.45, 7) is 3.58. The molecule has 0 atom stereocenters. The molecule has 7 nitrogen and oxygen atoms in total. The number of hydrogen-bond acceptors (Lipinski definition) is 4. The highest BCUT2D eigenvalue weighted by molar-refractivity contribution is 6.20. The van der Waals surface area contributed by atoms with Gasteiger partial charge in [0.05, 0.1) is 5.56 Å². The van der Waals surface area contributed by atoms with Crippen LogP contribution in [-0.4, -0.2) is 28.8 Å². The lowest BCUT2D eigenvalue weighted by molar-refractivity contribution is -0.143. The number of benzene rings is 1. The summed E-state index contributed by atoms with van der Waals surface area (Å²) in [6, 6.07) is 5.96. The lowest BCUT2D eigenvalue weighted by atomic mass is 9.76. The summed E-state index contributed by atoms with van der Waals surface area (Å²) in [4.78, 5) is 35.3. The number of carboxylic acid groups (broad SMARTS) is 1. The number of hydrogen-bond donors (Lipinski definition) is 4. The van der Waals surface area contributed by atoms with Crippen molar-refractivity contribution in [3.63, 3.8) is 0 Å². The first-order valence-corrected chi connectivity index (χ1v) is 6.53. The van der Waals surface area contributed by atoms with Crippen LogP contribution in [-0.2, 0) is 16.0 Å². The zero-order valence-electron chi connectivity index (χ0n) is 11.7. The van der Waals surface area contributed by atoms with Crippen LogP contribution in [0.4, 0.5) is 0 Å². The van der Waals surface area contributed by atoms with Crippen LogP contribution < -0.4 is 10.6 Å². The number of carboxylic acids is 1. The maximum Gasteiger partial charge on any atom is 0.335 e. The fourth-order valence-electron chi connectivity index (χ4n) is 2.38. The summed E-state index contributed by atoms with van der Waals surface area (Å²) in [5.41, 5.74) is -0.622. The molecule has 2 amide bonds. The second kappa shape index (κ2) is 5.80. The van der Waals surface area contributed by atoms with Crippen molar-refractivity contribution in [2.75, 3.05) is 0 Å². The van der Waals surface area contributed by atoms with Gasteiger partial charge in [-0.25, -0.2) is 4.79 Å². The van der Waals surface area contributed by atoms with Crippen LogP contribution in [0.3, 0.4) is 0 Å². The van der Waals surface area contributed by atoms with E-state index in [1.165, 1.54) is 18.2 Å². The normalized spacial score (nSPS) is 21.0. The average Bonchev–Trinajstić information content (AvgIpc) is 2.45. The van der Waals surface area contributed by atoms with Crippen LogP contribution >= 0.6 is 0 Å². The van der Waals surface area contributed by atoms with Crippen molar-refractivity contribution < 1.29 is 19.5 Å². The van der Waals surface area contributed by atoms with Gasteiger partial charge in [-0.15, -0.1) is 6.58 Å². The summed E-state index contributed by atoms with van der Waals surface area (Å²) in [5, 5.41) is 20.9. The molecule has 2 rings (SSSR count). The Morgan fingerprint density at radius 2 is 1.77 bits per heavy atom. The molecule has 0 radical (unpaired) electrons. The van der Waals surface area contributed by atoms with Crippen LogP contribution in [0.5, 0.6) is 0 Å². The molecular formula is C15H15N3O4. The average molecular weight is 301 g/mol. The van der Waals surface area contributed by atoms with Gasteiger partial charge in [-0.05, 0) is 30.5 Å². The topological polar surface area (TPSA) is 119 Å². The predicted octanol–water partition coefficient (Wildman–Crippen LogP) is 0.671. The van der Waals surface area contributed by atoms with Crippen LogP contribution in [0.1, 0.15) is 22.3 Å². The molecule has 1 fully saturated rings. The highest BCUT2D eigenvalue weighted by Crippen LogP contribution is 2.30. The smallest absolute Gasteiger partial charge is 0.335 e. The Morgan fingerprint density at radius 3 is 2.23 bits per heavy atom. The van der Waals surface area contributed by atoms with Crippen molar-refractivity contribution in [3.05, 3.63) is 48.0 Å². The van der Waals surface area contributed by atoms with Crippen LogP contribution in [0.2, 0.25) is 0 Å². The number of aromatic carboxylic acids is 1. The number of rotatable bonds is 5. The lowest BCUT2D eigenvalue weighted by Gasteiger charge is -2.34. The van der Waals surface area contributed by atoms with E-state index in [0.29, 0.717) is 5.56 Å². The summed E-state index contributed by atoms with van der Waals surface area (Å²) < 4.78 is 0. The Morgan fingerprint density at radius 1 is 1.23 bits per heavy atom. The fraction of sp³-hybridized carbons (Fsp3) is 0.200. The summed E-state index contributed by atoms with van der Waals surface area (Å²) in [7, 11) is 0. The van der Waals surface area contributed by atoms with Gasteiger partial charge in [-0.2, -0.15) is 0 Å². The van der Waals surface area contributed by atoms with E-state index >= 15 is 0 Å². The van der Waals surface area contributed by atoms with Crippen molar-refractivity contribution in [2.45, 2.75) is 12.8 Å². The van der Waals surface area contributed by atoms with E-state index in [2.05, 4.69) is 17.2 Å². The minimum atomic E-state index is -1.39. The van der Waals surface area contributed by atoms with Crippen molar-refractivity contribution in [2.24, 2.45) is 5.41 Å². The number of guanidine groups is 1. The Bertz CT molecular complexity index is 644. The second-order valence-corrected chi connectivity index (χ2v) is 5.04. The number of carbonyl (C=O) groups is 3. The van der Waals surface area contributed by atoms with Gasteiger partial charge >= 0.3 is 5.97 Å². The Balaban J connectivity index is 2.33. The van der Waals surface area contributed by atoms with Crippen LogP contribution in [0.25, 0.3) is 0 Å². The molecule has 0 bridgehead atoms. The van der Waals surface area contributed by atoms with Crippen molar-refractivity contribution >= 4 is 23.7 Å². The standard InChI is InChI=1S/C15H15N3O4/c1-2-7-15(12(21)17-14(16)18-13(15)22)8-9-3-5-10(6-4-9)11(19)20/h2-6H,1,7-8H2,(H,19,20)(H3,16,17,18,21,22). The third-order valence-electron chi connectivity index (χ3n) is 3.55. The Labute approximate surface area is 126 Å². The van der Waals surface area contributed by atoms with E-state index in [1.807, 2.05) is 0 Å². The number of amides is 2. The van der Waals surface area contributed by atoms with Crippen molar-refractivity contribution in [3.8, 4) is 0 Å². The molecule has 22 heavy (non-hydrogen) atoms. The minimum absolute atomic E-state index is 0.0872. The summed E-state index contributed by atoms with van der Waals surface area (Å²) >= 11 is 0. The summed E-state index contributed by atoms with van der Waals surface area (Å²) in [5.74, 6) is -2.53. The van der Waals surface area contributed by atoms with E-state index in [0.717, 1.165) is 0 Å². The molecular weight excluding hydrogens is 286 g/mol. The minimum Gasteiger partial charge on any atom is -0.478 e. The van der Waals surface area contributed by atoms with Crippen LogP contribution in [0, 0.1) is 10.8 Å². The van der Waals surface area contributed by atoms with Gasteiger partial charge in [-0.1, -0.05) is 18.2 Å². The Hall–Kier alpha value is -2.96. The predicted molar refractivity (Wildman–Crippen MR) is 78.4 cm³/mol. The molecule has 1 aromatic rings. The van der Waals surface area contributed by atoms with E-state index in [4.69, 9.17) is 10.5 Å². The molecule has 114 valence electrons. The summed E-state index contributed by atoms with van der Waals surface area (Å²) in [6.07, 6.45) is 1.67. The first-order chi connectivity index (χ1) is 10.4. The molecule has 1 heterocycles. The zero-order valence-corrected chi connectivity index (χ0v) is 11.7. The number of allylic oxidation sites excluding steroid dienone is 1. The molecule has 0 spiro atoms. The molecule has 0 saturated carbocycles. The third kappa shape index (κ3) is 2.73. The molecule has 1 aliphatic heterocycles. The van der Waals surface area contributed by atoms with Gasteiger partial charge in [0.25, 0.3) is 0 Å². The molecule has 0 aliphatic carbocycles. The SMILES string of the molecule is C=CCC1(Cc2ccc(C(=O)O)cc2)C(=O)NC(=N)NC1=O. The van der Waals surface area contributed by atoms with Crippen molar-refractivity contribution in [1.82, 2.24) is 10.6 Å². The molecule has 0 aromatic heterocycles. The highest BCUT2D eigenvalue weighted by atomic mass is 16.4. The van der Waals surface area contributed by atoms with E-state index < -0.39 is 23.2 Å². The van der Waals surface area contributed by atoms with Gasteiger partial charge in [0, 0.05) is 0 Å². The maximum absolute atomic E-state index is 12.3. The third-order valence-corrected chi connectivity index (χ3v) is 3.55. The molecule has 7 heteroatoms. The van der Waals surface area contributed by atoms with E-state index in [1.54, 1.807) is 12.1 Å². The first-order valence-electron chi connectivity index (χ1n) is 6.53. The Kier molecular flexibility index (Phi) is 4.07. The number of nitrogens with one attached hydrogen (secondary N) is 3. The molecule has 1 aromatic carbocycles. The maximum atomic E-state index is 12.3. The van der Waals surface area contributed by atoms with E-state index in [-0.39, 0.29) is 24.4 Å². The van der Waals surface area contributed by atoms with Gasteiger partial charge < -0.3 is 5.11 Å². The monoisotopic (exact) mass is 301 g/mol. The molecule has 0 unspecified atom stereocenters. The first kappa shape index (κ1) is 15.4. The molecule has 4 N–H and O–H groups in total. The number of carbonyl (C=O) groups excluding carboxylic acids is 2. The van der Waals surface area contributed by atoms with Gasteiger partial charge in [0.1, 0.15) is 5.41 Å². The second-order valence-electron chi connectivity index (χ2n) is 5.04. The van der Waals surface area contributed by atoms with Crippen molar-refractivity contribution in [1.29, 1.82) is 5.41 Å². The van der Waals surface area contributed by atoms with Crippen LogP contribution in [0.15, 0.2) is 36.9 Å². The highest BCUT2D eigenvalue weighted by Gasteiger charge is 2.48. The molecule has 1 saturated heterocycles. The fourth-order valence-corrected chi connectivity index (χ4v) is 2.38. The van der Waals surface area contributed by atoms with Gasteiger partial charge in [-0.3, -0.25) is 25.6 Å². The van der Waals surface area contributed by atoms with E-state index in [9.17, 15) is 14.4 Å².